The number of carbonyl (C=O) groups is 1. The Labute approximate surface area is 130 Å². The van der Waals surface area contributed by atoms with Crippen LogP contribution in [0, 0.1) is 18.3 Å². The Morgan fingerprint density at radius 3 is 2.95 bits per heavy atom. The Hall–Kier alpha value is -2.25. The molecule has 2 aliphatic heterocycles. The molecule has 2 saturated heterocycles. The van der Waals surface area contributed by atoms with Crippen molar-refractivity contribution in [3.8, 4) is 12.3 Å². The Kier molecular flexibility index (Phi) is 3.16. The normalized spacial score (nSPS) is 26.8. The fourth-order valence-corrected chi connectivity index (χ4v) is 3.79. The highest BCUT2D eigenvalue weighted by atomic mass is 16.1. The van der Waals surface area contributed by atoms with Crippen LogP contribution in [0.3, 0.4) is 0 Å². The van der Waals surface area contributed by atoms with Crippen LogP contribution in [0.25, 0.3) is 5.52 Å². The van der Waals surface area contributed by atoms with Crippen molar-refractivity contribution in [2.24, 2.45) is 5.92 Å². The lowest BCUT2D eigenvalue weighted by Gasteiger charge is -2.30. The van der Waals surface area contributed by atoms with Crippen molar-refractivity contribution in [1.29, 1.82) is 0 Å². The van der Waals surface area contributed by atoms with Crippen molar-refractivity contribution in [2.45, 2.75) is 18.9 Å². The first-order chi connectivity index (χ1) is 10.7. The fraction of sp³-hybridized carbons (Fsp3) is 0.389. The predicted octanol–water partition coefficient (Wildman–Crippen LogP) is 1.74. The molecular formula is C18H19N3O. The van der Waals surface area contributed by atoms with Crippen LogP contribution in [-0.4, -0.2) is 40.9 Å². The minimum absolute atomic E-state index is 0.00827. The molecule has 2 aromatic rings. The monoisotopic (exact) mass is 293 g/mol. The second kappa shape index (κ2) is 5.19. The van der Waals surface area contributed by atoms with E-state index in [1.807, 2.05) is 34.9 Å². The molecule has 2 aliphatic rings. The number of carbonyl (C=O) groups excluding carboxylic acids is 1. The van der Waals surface area contributed by atoms with Crippen molar-refractivity contribution >= 4 is 11.4 Å². The maximum atomic E-state index is 12.5. The molecule has 0 spiro atoms. The minimum atomic E-state index is -0.00827. The van der Waals surface area contributed by atoms with Gasteiger partial charge in [0.25, 0.3) is 5.91 Å². The summed E-state index contributed by atoms with van der Waals surface area (Å²) in [4.78, 5) is 15.0. The molecule has 0 saturated carbocycles. The molecule has 0 radical (unpaired) electrons. The molecule has 4 heteroatoms. The van der Waals surface area contributed by atoms with Gasteiger partial charge in [0, 0.05) is 30.8 Å². The summed E-state index contributed by atoms with van der Waals surface area (Å²) in [6.45, 7) is 3.36. The molecule has 0 aromatic carbocycles. The smallest absolute Gasteiger partial charge is 0.253 e. The molecule has 1 unspecified atom stereocenters. The van der Waals surface area contributed by atoms with E-state index in [1.54, 1.807) is 0 Å². The zero-order valence-corrected chi connectivity index (χ0v) is 12.5. The predicted molar refractivity (Wildman–Crippen MR) is 85.8 cm³/mol. The van der Waals surface area contributed by atoms with E-state index >= 15 is 0 Å². The number of piperidine rings is 1. The van der Waals surface area contributed by atoms with Gasteiger partial charge in [-0.05, 0) is 49.6 Å². The summed E-state index contributed by atoms with van der Waals surface area (Å²) in [5.74, 6) is 3.38. The van der Waals surface area contributed by atoms with Gasteiger partial charge in [0.1, 0.15) is 0 Å². The van der Waals surface area contributed by atoms with Gasteiger partial charge in [-0.1, -0.05) is 5.92 Å². The maximum Gasteiger partial charge on any atom is 0.253 e. The third-order valence-corrected chi connectivity index (χ3v) is 4.86. The van der Waals surface area contributed by atoms with Gasteiger partial charge in [-0.2, -0.15) is 0 Å². The number of pyridine rings is 1. The average Bonchev–Trinajstić information content (AvgIpc) is 3.09. The molecule has 4 heterocycles. The summed E-state index contributed by atoms with van der Waals surface area (Å²) in [6, 6.07) is 7.92. The molecule has 0 aliphatic carbocycles. The number of aromatic nitrogens is 1. The van der Waals surface area contributed by atoms with Crippen molar-refractivity contribution in [3.63, 3.8) is 0 Å². The van der Waals surface area contributed by atoms with Crippen LogP contribution in [0.4, 0.5) is 0 Å². The Morgan fingerprint density at radius 1 is 1.27 bits per heavy atom. The average molecular weight is 293 g/mol. The minimum Gasteiger partial charge on any atom is -0.348 e. The number of hydrogen-bond donors (Lipinski definition) is 1. The molecule has 2 fully saturated rings. The second-order valence-electron chi connectivity index (χ2n) is 6.40. The van der Waals surface area contributed by atoms with E-state index in [0.717, 1.165) is 30.1 Å². The highest BCUT2D eigenvalue weighted by molar-refractivity contribution is 5.94. The summed E-state index contributed by atoms with van der Waals surface area (Å²) in [7, 11) is 0. The lowest BCUT2D eigenvalue weighted by atomic mass is 9.96. The molecule has 1 amide bonds. The van der Waals surface area contributed by atoms with Crippen LogP contribution in [0.2, 0.25) is 0 Å². The van der Waals surface area contributed by atoms with E-state index in [1.165, 1.54) is 19.5 Å². The van der Waals surface area contributed by atoms with Gasteiger partial charge < -0.3 is 14.6 Å². The molecule has 1 N–H and O–H groups in total. The SMILES string of the molecule is C#Cc1ccc2ccc(C(=O)N[C@@H]3C[C@H]4CCN(C4)C3)cn12. The van der Waals surface area contributed by atoms with Crippen molar-refractivity contribution < 1.29 is 4.79 Å². The molecule has 2 bridgehead atoms. The van der Waals surface area contributed by atoms with Gasteiger partial charge in [0.2, 0.25) is 0 Å². The van der Waals surface area contributed by atoms with Crippen LogP contribution in [-0.2, 0) is 0 Å². The molecule has 2 aromatic heterocycles. The molecule has 3 atom stereocenters. The lowest BCUT2D eigenvalue weighted by molar-refractivity contribution is 0.0909. The lowest BCUT2D eigenvalue weighted by Crippen LogP contribution is -2.47. The topological polar surface area (TPSA) is 36.8 Å². The number of fused-ring (bicyclic) bond motifs is 3. The molecule has 4 rings (SSSR count). The number of hydrogen-bond acceptors (Lipinski definition) is 2. The van der Waals surface area contributed by atoms with E-state index in [-0.39, 0.29) is 11.9 Å². The van der Waals surface area contributed by atoms with Gasteiger partial charge >= 0.3 is 0 Å². The van der Waals surface area contributed by atoms with Crippen LogP contribution >= 0.6 is 0 Å². The number of terminal acetylenes is 1. The number of nitrogens with zero attached hydrogens (tertiary/aromatic N) is 2. The van der Waals surface area contributed by atoms with Crippen LogP contribution in [0.15, 0.2) is 30.5 Å². The van der Waals surface area contributed by atoms with E-state index in [2.05, 4.69) is 16.1 Å². The third-order valence-electron chi connectivity index (χ3n) is 4.86. The number of nitrogens with one attached hydrogen (secondary N) is 1. The summed E-state index contributed by atoms with van der Waals surface area (Å²) < 4.78 is 1.89. The highest BCUT2D eigenvalue weighted by Crippen LogP contribution is 2.26. The molecule has 4 nitrogen and oxygen atoms in total. The number of amides is 1. The Bertz CT molecular complexity index is 758. The van der Waals surface area contributed by atoms with Crippen LogP contribution < -0.4 is 5.32 Å². The fourth-order valence-electron chi connectivity index (χ4n) is 3.79. The van der Waals surface area contributed by atoms with Gasteiger partial charge in [-0.3, -0.25) is 4.79 Å². The zero-order chi connectivity index (χ0) is 15.1. The molecule has 112 valence electrons. The first-order valence-corrected chi connectivity index (χ1v) is 7.84. The van der Waals surface area contributed by atoms with E-state index < -0.39 is 0 Å². The zero-order valence-electron chi connectivity index (χ0n) is 12.5. The largest absolute Gasteiger partial charge is 0.348 e. The summed E-state index contributed by atoms with van der Waals surface area (Å²) in [5.41, 5.74) is 2.44. The molecule has 22 heavy (non-hydrogen) atoms. The summed E-state index contributed by atoms with van der Waals surface area (Å²) in [6.07, 6.45) is 9.70. The van der Waals surface area contributed by atoms with Crippen LogP contribution in [0.5, 0.6) is 0 Å². The quantitative estimate of drug-likeness (QED) is 0.856. The van der Waals surface area contributed by atoms with Crippen LogP contribution in [0.1, 0.15) is 28.9 Å². The summed E-state index contributed by atoms with van der Waals surface area (Å²) >= 11 is 0. The Morgan fingerprint density at radius 2 is 2.14 bits per heavy atom. The van der Waals surface area contributed by atoms with Gasteiger partial charge in [-0.15, -0.1) is 6.42 Å². The number of rotatable bonds is 2. The van der Waals surface area contributed by atoms with Crippen molar-refractivity contribution in [2.75, 3.05) is 19.6 Å². The van der Waals surface area contributed by atoms with Gasteiger partial charge in [0.05, 0.1) is 11.3 Å². The van der Waals surface area contributed by atoms with Gasteiger partial charge in [-0.25, -0.2) is 0 Å². The maximum absolute atomic E-state index is 12.5. The highest BCUT2D eigenvalue weighted by Gasteiger charge is 2.32. The van der Waals surface area contributed by atoms with E-state index in [4.69, 9.17) is 6.42 Å². The van der Waals surface area contributed by atoms with E-state index in [9.17, 15) is 4.79 Å². The first-order valence-electron chi connectivity index (χ1n) is 7.84. The second-order valence-corrected chi connectivity index (χ2v) is 6.40. The van der Waals surface area contributed by atoms with Crippen molar-refractivity contribution in [3.05, 3.63) is 41.7 Å². The molecular weight excluding hydrogens is 274 g/mol. The van der Waals surface area contributed by atoms with E-state index in [0.29, 0.717) is 5.56 Å². The standard InChI is InChI=1S/C18H19N3O/c1-2-16-5-6-17-4-3-14(11-21(16)17)18(22)19-15-9-13-7-8-20(10-13)12-15/h1,3-6,11,13,15H,7-10,12H2,(H,19,22)/t13-,15-/m1/s1. The van der Waals surface area contributed by atoms with Crippen molar-refractivity contribution in [1.82, 2.24) is 14.6 Å². The van der Waals surface area contributed by atoms with Gasteiger partial charge in [0.15, 0.2) is 0 Å². The third kappa shape index (κ3) is 2.28. The first kappa shape index (κ1) is 13.4. The Balaban J connectivity index is 1.54. The summed E-state index contributed by atoms with van der Waals surface area (Å²) in [5, 5.41) is 3.18.